The van der Waals surface area contributed by atoms with E-state index in [1.54, 1.807) is 6.26 Å². The van der Waals surface area contributed by atoms with E-state index in [4.69, 9.17) is 4.74 Å². The molecule has 3 nitrogen and oxygen atoms in total. The molecule has 0 amide bonds. The summed E-state index contributed by atoms with van der Waals surface area (Å²) in [5, 5.41) is 4.49. The number of carbonyl (C=O) groups excluding carboxylic acids is 1. The number of para-hydroxylation sites is 2. The molecule has 0 aliphatic carbocycles. The van der Waals surface area contributed by atoms with Crippen molar-refractivity contribution >= 4 is 51.0 Å². The van der Waals surface area contributed by atoms with E-state index in [-0.39, 0.29) is 0 Å². The molecule has 0 radical (unpaired) electrons. The molecule has 0 aromatic heterocycles. The van der Waals surface area contributed by atoms with Crippen molar-refractivity contribution < 1.29 is 9.53 Å². The van der Waals surface area contributed by atoms with Gasteiger partial charge in [-0.15, -0.1) is 0 Å². The van der Waals surface area contributed by atoms with Crippen molar-refractivity contribution in [3.05, 3.63) is 156 Å². The van der Waals surface area contributed by atoms with Crippen LogP contribution in [0.4, 0.5) is 17.1 Å². The predicted molar refractivity (Wildman–Crippen MR) is 162 cm³/mol. The Morgan fingerprint density at radius 3 is 1.69 bits per heavy atom. The summed E-state index contributed by atoms with van der Waals surface area (Å²) in [6.07, 6.45) is 4.54. The number of rotatable bonds is 8. The molecule has 188 valence electrons. The average molecular weight is 506 g/mol. The fourth-order valence-corrected chi connectivity index (χ4v) is 4.89. The minimum Gasteiger partial charge on any atom is -0.496 e. The smallest absolute Gasteiger partial charge is 0.150 e. The fraction of sp³-hybridized carbons (Fsp3) is 0.0278. The lowest BCUT2D eigenvalue weighted by molar-refractivity contribution is 0.112. The molecule has 6 rings (SSSR count). The second kappa shape index (κ2) is 11.1. The molecule has 6 aromatic rings. The maximum atomic E-state index is 11.8. The number of carbonyl (C=O) groups is 1. The van der Waals surface area contributed by atoms with Gasteiger partial charge in [-0.25, -0.2) is 0 Å². The summed E-state index contributed by atoms with van der Waals surface area (Å²) in [7, 11) is 0. The van der Waals surface area contributed by atoms with Gasteiger partial charge in [-0.05, 0) is 93.8 Å². The van der Waals surface area contributed by atoms with Gasteiger partial charge in [0.25, 0.3) is 0 Å². The molecule has 0 aliphatic rings. The highest BCUT2D eigenvalue weighted by atomic mass is 16.5. The lowest BCUT2D eigenvalue weighted by atomic mass is 9.98. The minimum absolute atomic E-state index is 0.321. The van der Waals surface area contributed by atoms with E-state index in [0.29, 0.717) is 12.2 Å². The SMILES string of the molecule is O=Cc1cc2cc3ccccc3cc2cc1COC=Cc1ccc(N(c2ccccc2)c2ccccc2)cc1. The maximum Gasteiger partial charge on any atom is 0.150 e. The first-order valence-electron chi connectivity index (χ1n) is 13.0. The van der Waals surface area contributed by atoms with Gasteiger partial charge in [0, 0.05) is 28.2 Å². The first-order chi connectivity index (χ1) is 19.3. The third-order valence-electron chi connectivity index (χ3n) is 6.87. The minimum atomic E-state index is 0.321. The van der Waals surface area contributed by atoms with Gasteiger partial charge in [0.2, 0.25) is 0 Å². The van der Waals surface area contributed by atoms with Gasteiger partial charge >= 0.3 is 0 Å². The third-order valence-corrected chi connectivity index (χ3v) is 6.87. The lowest BCUT2D eigenvalue weighted by Crippen LogP contribution is -2.09. The molecule has 0 saturated carbocycles. The highest BCUT2D eigenvalue weighted by Gasteiger charge is 2.11. The van der Waals surface area contributed by atoms with Crippen molar-refractivity contribution in [2.45, 2.75) is 6.61 Å². The van der Waals surface area contributed by atoms with Crippen LogP contribution in [0.15, 0.2) is 140 Å². The molecule has 0 bridgehead atoms. The summed E-state index contributed by atoms with van der Waals surface area (Å²) >= 11 is 0. The van der Waals surface area contributed by atoms with Crippen molar-refractivity contribution in [2.75, 3.05) is 4.90 Å². The van der Waals surface area contributed by atoms with Crippen molar-refractivity contribution in [3.63, 3.8) is 0 Å². The van der Waals surface area contributed by atoms with Crippen molar-refractivity contribution in [1.29, 1.82) is 0 Å². The summed E-state index contributed by atoms with van der Waals surface area (Å²) in [6, 6.07) is 45.6. The van der Waals surface area contributed by atoms with Crippen LogP contribution >= 0.6 is 0 Å². The zero-order chi connectivity index (χ0) is 26.4. The van der Waals surface area contributed by atoms with Gasteiger partial charge in [0.05, 0.1) is 6.26 Å². The van der Waals surface area contributed by atoms with Crippen LogP contribution < -0.4 is 4.90 Å². The second-order valence-corrected chi connectivity index (χ2v) is 9.43. The maximum absolute atomic E-state index is 11.8. The predicted octanol–water partition coefficient (Wildman–Crippen LogP) is 9.46. The normalized spacial score (nSPS) is 11.2. The highest BCUT2D eigenvalue weighted by molar-refractivity contribution is 6.00. The van der Waals surface area contributed by atoms with E-state index in [9.17, 15) is 4.79 Å². The molecule has 0 unspecified atom stereocenters. The number of nitrogens with zero attached hydrogens (tertiary/aromatic N) is 1. The van der Waals surface area contributed by atoms with Gasteiger partial charge in [-0.2, -0.15) is 0 Å². The first kappa shape index (κ1) is 24.2. The number of aldehydes is 1. The highest BCUT2D eigenvalue weighted by Crippen LogP contribution is 2.34. The van der Waals surface area contributed by atoms with Crippen molar-refractivity contribution in [2.24, 2.45) is 0 Å². The van der Waals surface area contributed by atoms with Crippen LogP contribution in [-0.4, -0.2) is 6.29 Å². The van der Waals surface area contributed by atoms with Crippen molar-refractivity contribution in [1.82, 2.24) is 0 Å². The zero-order valence-corrected chi connectivity index (χ0v) is 21.4. The summed E-state index contributed by atoms with van der Waals surface area (Å²) in [4.78, 5) is 14.0. The topological polar surface area (TPSA) is 29.5 Å². The Hall–Kier alpha value is -5.15. The van der Waals surface area contributed by atoms with E-state index in [1.807, 2.05) is 60.7 Å². The Morgan fingerprint density at radius 1 is 0.564 bits per heavy atom. The molecular weight excluding hydrogens is 478 g/mol. The van der Waals surface area contributed by atoms with Crippen LogP contribution in [0.25, 0.3) is 27.6 Å². The molecule has 3 heteroatoms. The van der Waals surface area contributed by atoms with E-state index in [1.165, 1.54) is 5.39 Å². The number of ether oxygens (including phenoxy) is 1. The summed E-state index contributed by atoms with van der Waals surface area (Å²) in [5.74, 6) is 0. The lowest BCUT2D eigenvalue weighted by Gasteiger charge is -2.25. The van der Waals surface area contributed by atoms with Crippen LogP contribution in [-0.2, 0) is 11.3 Å². The van der Waals surface area contributed by atoms with Gasteiger partial charge in [-0.3, -0.25) is 4.79 Å². The van der Waals surface area contributed by atoms with Crippen LogP contribution in [0.2, 0.25) is 0 Å². The van der Waals surface area contributed by atoms with Crippen LogP contribution in [0.3, 0.4) is 0 Å². The molecule has 6 aromatic carbocycles. The molecule has 0 atom stereocenters. The molecule has 0 heterocycles. The van der Waals surface area contributed by atoms with Crippen molar-refractivity contribution in [3.8, 4) is 0 Å². The molecule has 0 spiro atoms. The van der Waals surface area contributed by atoms with Crippen LogP contribution in [0.1, 0.15) is 21.5 Å². The number of hydrogen-bond acceptors (Lipinski definition) is 3. The monoisotopic (exact) mass is 505 g/mol. The Balaban J connectivity index is 1.18. The molecule has 0 aliphatic heterocycles. The largest absolute Gasteiger partial charge is 0.496 e. The fourth-order valence-electron chi connectivity index (χ4n) is 4.89. The van der Waals surface area contributed by atoms with Gasteiger partial charge in [-0.1, -0.05) is 72.8 Å². The number of benzene rings is 6. The van der Waals surface area contributed by atoms with Gasteiger partial charge in [0.1, 0.15) is 12.9 Å². The Labute approximate surface area is 228 Å². The number of hydrogen-bond donors (Lipinski definition) is 0. The standard InChI is InChI=1S/C36H27NO2/c38-25-32-23-30-21-28-9-7-8-10-29(28)22-31(30)24-33(32)26-39-20-19-27-15-17-36(18-16-27)37(34-11-3-1-4-12-34)35-13-5-2-6-14-35/h1-25H,26H2. The first-order valence-corrected chi connectivity index (χ1v) is 13.0. The second-order valence-electron chi connectivity index (χ2n) is 9.43. The summed E-state index contributed by atoms with van der Waals surface area (Å²) < 4.78 is 5.87. The Kier molecular flexibility index (Phi) is 6.87. The van der Waals surface area contributed by atoms with E-state index < -0.39 is 0 Å². The van der Waals surface area contributed by atoms with Gasteiger partial charge in [0.15, 0.2) is 0 Å². The molecule has 0 fully saturated rings. The molecule has 0 saturated heterocycles. The van der Waals surface area contributed by atoms with Crippen LogP contribution in [0, 0.1) is 0 Å². The quantitative estimate of drug-likeness (QED) is 0.117. The number of anilines is 3. The molecular formula is C36H27NO2. The Morgan fingerprint density at radius 2 is 1.10 bits per heavy atom. The van der Waals surface area contributed by atoms with E-state index in [0.717, 1.165) is 50.6 Å². The summed E-state index contributed by atoms with van der Waals surface area (Å²) in [6.45, 7) is 0.321. The summed E-state index contributed by atoms with van der Waals surface area (Å²) in [5.41, 5.74) is 5.83. The third kappa shape index (κ3) is 5.29. The average Bonchev–Trinajstić information content (AvgIpc) is 3.00. The molecule has 0 N–H and O–H groups in total. The van der Waals surface area contributed by atoms with E-state index in [2.05, 4.69) is 83.8 Å². The zero-order valence-electron chi connectivity index (χ0n) is 21.4. The van der Waals surface area contributed by atoms with Gasteiger partial charge < -0.3 is 9.64 Å². The molecule has 39 heavy (non-hydrogen) atoms. The van der Waals surface area contributed by atoms with E-state index >= 15 is 0 Å². The Bertz CT molecular complexity index is 1720. The van der Waals surface area contributed by atoms with Crippen LogP contribution in [0.5, 0.6) is 0 Å². The number of fused-ring (bicyclic) bond motifs is 2.